The van der Waals surface area contributed by atoms with Crippen LogP contribution < -0.4 is 19.3 Å². The van der Waals surface area contributed by atoms with Gasteiger partial charge in [0.15, 0.2) is 6.17 Å². The predicted molar refractivity (Wildman–Crippen MR) is 104 cm³/mol. The second-order valence-corrected chi connectivity index (χ2v) is 7.79. The van der Waals surface area contributed by atoms with Crippen LogP contribution in [0, 0.1) is 0 Å². The van der Waals surface area contributed by atoms with Crippen molar-refractivity contribution in [2.45, 2.75) is 9.96 Å². The molecule has 25 heavy (non-hydrogen) atoms. The molecule has 0 atom stereocenters. The predicted octanol–water partition coefficient (Wildman–Crippen LogP) is 5.20. The minimum Gasteiger partial charge on any atom is -0.497 e. The van der Waals surface area contributed by atoms with Gasteiger partial charge in [-0.25, -0.2) is 0 Å². The van der Waals surface area contributed by atoms with Gasteiger partial charge in [0, 0.05) is 23.8 Å². The third-order valence-electron chi connectivity index (χ3n) is 3.95. The number of benzene rings is 2. The molecule has 1 aliphatic rings. The van der Waals surface area contributed by atoms with Crippen LogP contribution in [0.3, 0.4) is 0 Å². The van der Waals surface area contributed by atoms with Gasteiger partial charge in [-0.05, 0) is 48.5 Å². The summed E-state index contributed by atoms with van der Waals surface area (Å²) in [4.78, 5) is 3.83. The van der Waals surface area contributed by atoms with E-state index in [0.717, 1.165) is 22.9 Å². The Bertz CT molecular complexity index is 685. The molecule has 4 nitrogen and oxygen atoms in total. The van der Waals surface area contributed by atoms with E-state index in [1.807, 2.05) is 70.7 Å². The lowest BCUT2D eigenvalue weighted by Gasteiger charge is -2.37. The van der Waals surface area contributed by atoms with Crippen LogP contribution in [-0.4, -0.2) is 24.2 Å². The first kappa shape index (κ1) is 18.1. The molecule has 7 heteroatoms. The van der Waals surface area contributed by atoms with Gasteiger partial charge >= 0.3 is 0 Å². The van der Waals surface area contributed by atoms with Crippen LogP contribution >= 0.6 is 34.8 Å². The van der Waals surface area contributed by atoms with Crippen LogP contribution in [0.5, 0.6) is 11.5 Å². The smallest absolute Gasteiger partial charge is 0.229 e. The quantitative estimate of drug-likeness (QED) is 0.660. The van der Waals surface area contributed by atoms with Crippen molar-refractivity contribution in [1.29, 1.82) is 0 Å². The molecular formula is C18H17Cl3N2O2. The Balaban J connectivity index is 1.93. The number of rotatable bonds is 4. The maximum Gasteiger partial charge on any atom is 0.229 e. The van der Waals surface area contributed by atoms with Crippen molar-refractivity contribution in [3.05, 3.63) is 60.9 Å². The van der Waals surface area contributed by atoms with Crippen LogP contribution in [0.25, 0.3) is 0 Å². The SMILES string of the molecule is COc1ccc(N2C=CN(c3ccc(OC)cc3)C2C(Cl)(Cl)Cl)cc1. The fourth-order valence-electron chi connectivity index (χ4n) is 2.72. The summed E-state index contributed by atoms with van der Waals surface area (Å²) in [5.41, 5.74) is 1.79. The van der Waals surface area contributed by atoms with E-state index in [9.17, 15) is 0 Å². The van der Waals surface area contributed by atoms with Crippen molar-refractivity contribution in [2.75, 3.05) is 24.0 Å². The molecule has 1 aliphatic heterocycles. The zero-order valence-electron chi connectivity index (χ0n) is 13.7. The van der Waals surface area contributed by atoms with Gasteiger partial charge in [0.25, 0.3) is 0 Å². The summed E-state index contributed by atoms with van der Waals surface area (Å²) in [5, 5.41) is 0. The average molecular weight is 400 g/mol. The summed E-state index contributed by atoms with van der Waals surface area (Å²) < 4.78 is 8.86. The van der Waals surface area contributed by atoms with E-state index in [1.165, 1.54) is 0 Å². The normalized spacial score (nSPS) is 14.9. The number of hydrogen-bond acceptors (Lipinski definition) is 4. The largest absolute Gasteiger partial charge is 0.497 e. The molecule has 0 bridgehead atoms. The van der Waals surface area contributed by atoms with Crippen LogP contribution in [-0.2, 0) is 0 Å². The molecule has 0 aromatic heterocycles. The van der Waals surface area contributed by atoms with Gasteiger partial charge in [-0.1, -0.05) is 34.8 Å². The maximum absolute atomic E-state index is 6.30. The van der Waals surface area contributed by atoms with Gasteiger partial charge in [-0.2, -0.15) is 0 Å². The number of ether oxygens (including phenoxy) is 2. The molecule has 0 spiro atoms. The van der Waals surface area contributed by atoms with Crippen LogP contribution in [0.15, 0.2) is 60.9 Å². The van der Waals surface area contributed by atoms with E-state index in [-0.39, 0.29) is 0 Å². The topological polar surface area (TPSA) is 24.9 Å². The second kappa shape index (κ2) is 7.24. The van der Waals surface area contributed by atoms with Gasteiger partial charge in [0.05, 0.1) is 14.2 Å². The highest BCUT2D eigenvalue weighted by Gasteiger charge is 2.43. The number of anilines is 2. The summed E-state index contributed by atoms with van der Waals surface area (Å²) in [6.07, 6.45) is 3.25. The first-order chi connectivity index (χ1) is 11.9. The number of hydrogen-bond donors (Lipinski definition) is 0. The highest BCUT2D eigenvalue weighted by atomic mass is 35.6. The Morgan fingerprint density at radius 1 is 0.720 bits per heavy atom. The van der Waals surface area contributed by atoms with Crippen molar-refractivity contribution in [2.24, 2.45) is 0 Å². The van der Waals surface area contributed by atoms with Gasteiger partial charge < -0.3 is 19.3 Å². The van der Waals surface area contributed by atoms with E-state index >= 15 is 0 Å². The fraction of sp³-hybridized carbons (Fsp3) is 0.222. The molecule has 2 aromatic rings. The van der Waals surface area contributed by atoms with E-state index in [2.05, 4.69) is 0 Å². The second-order valence-electron chi connectivity index (χ2n) is 5.42. The lowest BCUT2D eigenvalue weighted by molar-refractivity contribution is 0.415. The average Bonchev–Trinajstić information content (AvgIpc) is 3.07. The Morgan fingerprint density at radius 3 is 1.36 bits per heavy atom. The Kier molecular flexibility index (Phi) is 5.23. The molecule has 2 aromatic carbocycles. The third kappa shape index (κ3) is 3.76. The third-order valence-corrected chi connectivity index (χ3v) is 4.53. The van der Waals surface area contributed by atoms with Crippen molar-refractivity contribution in [3.8, 4) is 11.5 Å². The number of halogens is 3. The lowest BCUT2D eigenvalue weighted by Crippen LogP contribution is -2.48. The zero-order valence-corrected chi connectivity index (χ0v) is 16.0. The van der Waals surface area contributed by atoms with E-state index in [4.69, 9.17) is 44.3 Å². The first-order valence-electron chi connectivity index (χ1n) is 7.54. The Labute approximate surface area is 162 Å². The summed E-state index contributed by atoms with van der Waals surface area (Å²) in [6.45, 7) is 0. The molecule has 0 radical (unpaired) electrons. The molecule has 3 rings (SSSR count). The molecule has 132 valence electrons. The van der Waals surface area contributed by atoms with Gasteiger partial charge in [-0.3, -0.25) is 0 Å². The van der Waals surface area contributed by atoms with Crippen LogP contribution in [0.4, 0.5) is 11.4 Å². The highest BCUT2D eigenvalue weighted by Crippen LogP contribution is 2.42. The number of alkyl halides is 3. The molecule has 0 saturated carbocycles. The molecule has 0 amide bonds. The number of nitrogens with zero attached hydrogens (tertiary/aromatic N) is 2. The lowest BCUT2D eigenvalue weighted by atomic mass is 10.2. The van der Waals surface area contributed by atoms with Crippen LogP contribution in [0.1, 0.15) is 0 Å². The molecule has 0 unspecified atom stereocenters. The summed E-state index contributed by atoms with van der Waals surface area (Å²) >= 11 is 18.9. The van der Waals surface area contributed by atoms with Crippen molar-refractivity contribution in [3.63, 3.8) is 0 Å². The van der Waals surface area contributed by atoms with Gasteiger partial charge in [-0.15, -0.1) is 0 Å². The van der Waals surface area contributed by atoms with E-state index < -0.39 is 9.96 Å². The summed E-state index contributed by atoms with van der Waals surface area (Å²) in [6, 6.07) is 15.2. The minimum atomic E-state index is -1.54. The molecular weight excluding hydrogens is 383 g/mol. The molecule has 1 heterocycles. The van der Waals surface area contributed by atoms with Crippen molar-refractivity contribution in [1.82, 2.24) is 0 Å². The Morgan fingerprint density at radius 2 is 1.08 bits per heavy atom. The standard InChI is InChI=1S/C18H17Cl3N2O2/c1-24-15-7-3-13(4-8-15)22-11-12-23(17(22)18(19,20)21)14-5-9-16(25-2)10-6-14/h3-12,17H,1-2H3. The van der Waals surface area contributed by atoms with Gasteiger partial charge in [0.2, 0.25) is 3.79 Å². The molecule has 0 N–H and O–H groups in total. The van der Waals surface area contributed by atoms with Gasteiger partial charge in [0.1, 0.15) is 11.5 Å². The summed E-state index contributed by atoms with van der Waals surface area (Å²) in [7, 11) is 3.25. The minimum absolute atomic E-state index is 0.528. The Hall–Kier alpha value is -1.75. The molecule has 0 fully saturated rings. The molecule has 0 saturated heterocycles. The maximum atomic E-state index is 6.30. The zero-order chi connectivity index (χ0) is 18.0. The fourth-order valence-corrected chi connectivity index (χ4v) is 3.35. The first-order valence-corrected chi connectivity index (χ1v) is 8.67. The van der Waals surface area contributed by atoms with E-state index in [0.29, 0.717) is 0 Å². The van der Waals surface area contributed by atoms with Crippen molar-refractivity contribution < 1.29 is 9.47 Å². The van der Waals surface area contributed by atoms with Crippen LogP contribution in [0.2, 0.25) is 0 Å². The summed E-state index contributed by atoms with van der Waals surface area (Å²) in [5.74, 6) is 1.54. The van der Waals surface area contributed by atoms with E-state index in [1.54, 1.807) is 14.2 Å². The molecule has 0 aliphatic carbocycles. The monoisotopic (exact) mass is 398 g/mol. The number of methoxy groups -OCH3 is 2. The highest BCUT2D eigenvalue weighted by molar-refractivity contribution is 6.68. The van der Waals surface area contributed by atoms with Crippen molar-refractivity contribution >= 4 is 46.2 Å².